The molecule has 4 aromatic rings. The van der Waals surface area contributed by atoms with Crippen LogP contribution in [0.2, 0.25) is 5.02 Å². The smallest absolute Gasteiger partial charge is 0.275 e. The highest BCUT2D eigenvalue weighted by atomic mass is 35.5. The van der Waals surface area contributed by atoms with Gasteiger partial charge in [0.2, 0.25) is 0 Å². The van der Waals surface area contributed by atoms with Crippen LogP contribution in [0.25, 0.3) is 26.3 Å². The molecule has 0 aliphatic heterocycles. The van der Waals surface area contributed by atoms with Crippen LogP contribution >= 0.6 is 22.9 Å². The van der Waals surface area contributed by atoms with Crippen LogP contribution in [0.1, 0.15) is 13.8 Å². The van der Waals surface area contributed by atoms with Gasteiger partial charge >= 0.3 is 0 Å². The number of fused-ring (bicyclic) bond motifs is 1. The summed E-state index contributed by atoms with van der Waals surface area (Å²) in [6.45, 7) is 4.76. The Labute approximate surface area is 183 Å². The average Bonchev–Trinajstić information content (AvgIpc) is 3.18. The molecule has 0 saturated heterocycles. The number of nitrogens with zero attached hydrogens (tertiary/aromatic N) is 2. The number of halogens is 1. The predicted octanol–water partition coefficient (Wildman–Crippen LogP) is 5.81. The van der Waals surface area contributed by atoms with Gasteiger partial charge in [-0.25, -0.2) is 4.98 Å². The van der Waals surface area contributed by atoms with Crippen molar-refractivity contribution >= 4 is 33.2 Å². The van der Waals surface area contributed by atoms with Gasteiger partial charge in [0.25, 0.3) is 5.56 Å². The normalized spacial score (nSPS) is 11.2. The maximum Gasteiger partial charge on any atom is 0.275 e. The van der Waals surface area contributed by atoms with Gasteiger partial charge in [0, 0.05) is 16.0 Å². The first-order chi connectivity index (χ1) is 14.5. The van der Waals surface area contributed by atoms with E-state index < -0.39 is 0 Å². The summed E-state index contributed by atoms with van der Waals surface area (Å²) >= 11 is 7.40. The largest absolute Gasteiger partial charge is 0.493 e. The van der Waals surface area contributed by atoms with E-state index in [1.165, 1.54) is 15.9 Å². The van der Waals surface area contributed by atoms with E-state index >= 15 is 0 Å². The Bertz CT molecular complexity index is 1250. The van der Waals surface area contributed by atoms with Crippen LogP contribution in [-0.2, 0) is 0 Å². The lowest BCUT2D eigenvalue weighted by Crippen LogP contribution is -2.17. The second kappa shape index (κ2) is 8.50. The monoisotopic (exact) mass is 440 g/mol. The number of aromatic nitrogens is 2. The number of ether oxygens (including phenoxy) is 2. The summed E-state index contributed by atoms with van der Waals surface area (Å²) in [5.41, 5.74) is 2.23. The van der Waals surface area contributed by atoms with Crippen molar-refractivity contribution in [3.63, 3.8) is 0 Å². The van der Waals surface area contributed by atoms with E-state index in [9.17, 15) is 4.79 Å². The van der Waals surface area contributed by atoms with E-state index in [0.29, 0.717) is 45.0 Å². The quantitative estimate of drug-likeness (QED) is 0.379. The van der Waals surface area contributed by atoms with Crippen LogP contribution in [0.5, 0.6) is 11.5 Å². The van der Waals surface area contributed by atoms with Crippen LogP contribution in [0.3, 0.4) is 0 Å². The topological polar surface area (TPSA) is 53.4 Å². The molecule has 0 unspecified atom stereocenters. The van der Waals surface area contributed by atoms with Crippen molar-refractivity contribution in [2.45, 2.75) is 13.8 Å². The van der Waals surface area contributed by atoms with E-state index in [-0.39, 0.29) is 5.56 Å². The third-order valence-electron chi connectivity index (χ3n) is 4.56. The van der Waals surface area contributed by atoms with Crippen molar-refractivity contribution in [2.75, 3.05) is 13.7 Å². The van der Waals surface area contributed by atoms with Gasteiger partial charge in [-0.05, 0) is 41.8 Å². The van der Waals surface area contributed by atoms with Gasteiger partial charge in [0.15, 0.2) is 11.5 Å². The summed E-state index contributed by atoms with van der Waals surface area (Å²) in [6, 6.07) is 14.9. The fraction of sp³-hybridized carbons (Fsp3) is 0.217. The lowest BCUT2D eigenvalue weighted by Gasteiger charge is -2.14. The van der Waals surface area contributed by atoms with Crippen molar-refractivity contribution in [1.82, 2.24) is 9.55 Å². The molecule has 30 heavy (non-hydrogen) atoms. The molecule has 4 rings (SSSR count). The zero-order chi connectivity index (χ0) is 21.3. The summed E-state index contributed by atoms with van der Waals surface area (Å²) in [7, 11) is 1.59. The maximum absolute atomic E-state index is 13.2. The van der Waals surface area contributed by atoms with Crippen LogP contribution < -0.4 is 15.0 Å². The summed E-state index contributed by atoms with van der Waals surface area (Å²) in [4.78, 5) is 18.6. The molecule has 7 heteroatoms. The first-order valence-electron chi connectivity index (χ1n) is 9.54. The molecule has 0 aliphatic rings. The molecule has 0 bridgehead atoms. The van der Waals surface area contributed by atoms with E-state index in [1.54, 1.807) is 19.5 Å². The van der Waals surface area contributed by atoms with Gasteiger partial charge in [0.05, 0.1) is 24.9 Å². The zero-order valence-corrected chi connectivity index (χ0v) is 18.5. The molecule has 0 atom stereocenters. The number of thiophene rings is 1. The highest BCUT2D eigenvalue weighted by molar-refractivity contribution is 7.22. The molecule has 154 valence electrons. The second-order valence-electron chi connectivity index (χ2n) is 7.29. The summed E-state index contributed by atoms with van der Waals surface area (Å²) in [5.74, 6) is 1.63. The van der Waals surface area contributed by atoms with Crippen molar-refractivity contribution < 1.29 is 9.47 Å². The molecule has 0 radical (unpaired) electrons. The lowest BCUT2D eigenvalue weighted by molar-refractivity contribution is 0.257. The first kappa shape index (κ1) is 20.4. The van der Waals surface area contributed by atoms with Crippen molar-refractivity contribution in [1.29, 1.82) is 0 Å². The van der Waals surface area contributed by atoms with E-state index in [4.69, 9.17) is 21.1 Å². The van der Waals surface area contributed by atoms with Gasteiger partial charge in [-0.3, -0.25) is 9.36 Å². The second-order valence-corrected chi connectivity index (χ2v) is 8.78. The number of benzene rings is 2. The minimum absolute atomic E-state index is 0.122. The van der Waals surface area contributed by atoms with Gasteiger partial charge in [-0.1, -0.05) is 37.6 Å². The van der Waals surface area contributed by atoms with E-state index in [1.807, 2.05) is 42.5 Å². The Kier molecular flexibility index (Phi) is 5.79. The van der Waals surface area contributed by atoms with Crippen LogP contribution in [0, 0.1) is 5.92 Å². The molecule has 0 saturated carbocycles. The first-order valence-corrected chi connectivity index (χ1v) is 10.7. The van der Waals surface area contributed by atoms with Crippen LogP contribution in [0.4, 0.5) is 0 Å². The third kappa shape index (κ3) is 4.06. The molecule has 2 aromatic heterocycles. The van der Waals surface area contributed by atoms with Gasteiger partial charge in [-0.2, -0.15) is 0 Å². The van der Waals surface area contributed by atoms with Gasteiger partial charge in [0.1, 0.15) is 11.0 Å². The Morgan fingerprint density at radius 1 is 1.10 bits per heavy atom. The number of hydrogen-bond acceptors (Lipinski definition) is 5. The van der Waals surface area contributed by atoms with Crippen LogP contribution in [0.15, 0.2) is 59.7 Å². The molecule has 2 aromatic carbocycles. The molecule has 5 nitrogen and oxygen atoms in total. The van der Waals surface area contributed by atoms with E-state index in [0.717, 1.165) is 10.4 Å². The molecule has 0 N–H and O–H groups in total. The molecule has 0 fully saturated rings. The molecular weight excluding hydrogens is 420 g/mol. The summed E-state index contributed by atoms with van der Waals surface area (Å²) in [6.07, 6.45) is 1.55. The standard InChI is InChI=1S/C23H21ClN2O3S/c1-14(2)12-29-19-9-8-17(10-20(19)28-3)26-13-25-18-11-21(30-22(18)23(26)27)15-4-6-16(24)7-5-15/h4-11,13-14H,12H2,1-3H3. The maximum atomic E-state index is 13.2. The molecular formula is C23H21ClN2O3S. The third-order valence-corrected chi connectivity index (χ3v) is 5.98. The van der Waals surface area contributed by atoms with Gasteiger partial charge in [-0.15, -0.1) is 11.3 Å². The Morgan fingerprint density at radius 3 is 2.57 bits per heavy atom. The Hall–Kier alpha value is -2.83. The van der Waals surface area contributed by atoms with Crippen LogP contribution in [-0.4, -0.2) is 23.3 Å². The predicted molar refractivity (Wildman–Crippen MR) is 123 cm³/mol. The van der Waals surface area contributed by atoms with Crippen molar-refractivity contribution in [3.05, 3.63) is 70.2 Å². The molecule has 0 amide bonds. The highest BCUT2D eigenvalue weighted by Crippen LogP contribution is 2.33. The molecule has 0 aliphatic carbocycles. The number of hydrogen-bond donors (Lipinski definition) is 0. The molecule has 2 heterocycles. The summed E-state index contributed by atoms with van der Waals surface area (Å²) < 4.78 is 13.4. The average molecular weight is 441 g/mol. The SMILES string of the molecule is COc1cc(-n2cnc3cc(-c4ccc(Cl)cc4)sc3c2=O)ccc1OCC(C)C. The van der Waals surface area contributed by atoms with Crippen molar-refractivity contribution in [2.24, 2.45) is 5.92 Å². The van der Waals surface area contributed by atoms with Gasteiger partial charge < -0.3 is 9.47 Å². The zero-order valence-electron chi connectivity index (χ0n) is 16.9. The lowest BCUT2D eigenvalue weighted by atomic mass is 10.2. The number of rotatable bonds is 6. The Morgan fingerprint density at radius 2 is 1.87 bits per heavy atom. The summed E-state index contributed by atoms with van der Waals surface area (Å²) in [5, 5.41) is 0.676. The molecule has 0 spiro atoms. The minimum Gasteiger partial charge on any atom is -0.493 e. The van der Waals surface area contributed by atoms with Crippen molar-refractivity contribution in [3.8, 4) is 27.6 Å². The van der Waals surface area contributed by atoms with E-state index in [2.05, 4.69) is 18.8 Å². The fourth-order valence-corrected chi connectivity index (χ4v) is 4.21. The fourth-order valence-electron chi connectivity index (χ4n) is 3.03. The number of methoxy groups -OCH3 is 1. The minimum atomic E-state index is -0.122. The Balaban J connectivity index is 1.73. The highest BCUT2D eigenvalue weighted by Gasteiger charge is 2.14.